The van der Waals surface area contributed by atoms with Crippen LogP contribution < -0.4 is 0 Å². The molecule has 3 heteroatoms. The highest BCUT2D eigenvalue weighted by atomic mass is 16.5. The number of rotatable bonds is 8. The summed E-state index contributed by atoms with van der Waals surface area (Å²) in [5.41, 5.74) is 2.23. The Morgan fingerprint density at radius 1 is 0.731 bits per heavy atom. The first-order chi connectivity index (χ1) is 12.8. The molecule has 0 saturated carbocycles. The number of hydrogen-bond acceptors (Lipinski definition) is 2. The molecular weight excluding hydrogens is 324 g/mol. The predicted octanol–water partition coefficient (Wildman–Crippen LogP) is 4.44. The second-order valence-electron chi connectivity index (χ2n) is 6.11. The van der Waals surface area contributed by atoms with Gasteiger partial charge in [0.05, 0.1) is 6.61 Å². The van der Waals surface area contributed by atoms with Crippen molar-refractivity contribution in [3.8, 4) is 0 Å². The molecule has 0 aliphatic heterocycles. The van der Waals surface area contributed by atoms with Crippen LogP contribution in [0.25, 0.3) is 0 Å². The molecule has 0 bridgehead atoms. The molecule has 3 aromatic carbocycles. The molecule has 0 aliphatic carbocycles. The van der Waals surface area contributed by atoms with Crippen LogP contribution in [0.15, 0.2) is 91.0 Å². The van der Waals surface area contributed by atoms with E-state index in [0.717, 1.165) is 16.7 Å². The van der Waals surface area contributed by atoms with E-state index < -0.39 is 11.7 Å². The summed E-state index contributed by atoms with van der Waals surface area (Å²) in [6.07, 6.45) is -0.495. The van der Waals surface area contributed by atoms with Crippen LogP contribution in [-0.4, -0.2) is 26.4 Å². The molecule has 3 rings (SSSR count). The molecule has 0 N–H and O–H groups in total. The SMILES string of the molecule is COC(C[O])COC(c1ccccc1)(c1ccccc1)c1ccccc1. The summed E-state index contributed by atoms with van der Waals surface area (Å²) in [4.78, 5) is 0. The van der Waals surface area contributed by atoms with Crippen molar-refractivity contribution in [3.05, 3.63) is 108 Å². The van der Waals surface area contributed by atoms with Gasteiger partial charge in [-0.2, -0.15) is 0 Å². The maximum absolute atomic E-state index is 11.4. The maximum atomic E-state index is 11.4. The predicted molar refractivity (Wildman–Crippen MR) is 102 cm³/mol. The molecule has 0 saturated heterocycles. The van der Waals surface area contributed by atoms with E-state index in [4.69, 9.17) is 9.47 Å². The van der Waals surface area contributed by atoms with E-state index in [0.29, 0.717) is 0 Å². The van der Waals surface area contributed by atoms with Gasteiger partial charge in [0.2, 0.25) is 0 Å². The van der Waals surface area contributed by atoms with Crippen LogP contribution in [0.4, 0.5) is 0 Å². The Morgan fingerprint density at radius 3 is 1.42 bits per heavy atom. The highest BCUT2D eigenvalue weighted by molar-refractivity contribution is 5.47. The second-order valence-corrected chi connectivity index (χ2v) is 6.11. The summed E-state index contributed by atoms with van der Waals surface area (Å²) in [6, 6.07) is 30.3. The van der Waals surface area contributed by atoms with Crippen molar-refractivity contribution in [2.75, 3.05) is 20.3 Å². The fraction of sp³-hybridized carbons (Fsp3) is 0.217. The number of benzene rings is 3. The van der Waals surface area contributed by atoms with Gasteiger partial charge in [-0.05, 0) is 16.7 Å². The molecule has 1 atom stereocenters. The highest BCUT2D eigenvalue weighted by Gasteiger charge is 2.38. The third-order valence-electron chi connectivity index (χ3n) is 4.55. The summed E-state index contributed by atoms with van der Waals surface area (Å²) in [5, 5.41) is 11.4. The van der Waals surface area contributed by atoms with Crippen LogP contribution in [0.1, 0.15) is 16.7 Å². The molecule has 0 amide bonds. The molecule has 3 aromatic rings. The highest BCUT2D eigenvalue weighted by Crippen LogP contribution is 2.40. The standard InChI is InChI=1S/C23H23O3/c1-25-22(17-24)18-26-23(19-11-5-2-6-12-19,20-13-7-3-8-14-20)21-15-9-4-10-16-21/h2-16,22H,17-18H2,1H3. The van der Waals surface area contributed by atoms with Crippen molar-refractivity contribution < 1.29 is 14.6 Å². The minimum atomic E-state index is -0.810. The average molecular weight is 347 g/mol. The van der Waals surface area contributed by atoms with Crippen LogP contribution in [0.5, 0.6) is 0 Å². The van der Waals surface area contributed by atoms with Crippen molar-refractivity contribution in [2.45, 2.75) is 11.7 Å². The monoisotopic (exact) mass is 347 g/mol. The molecule has 26 heavy (non-hydrogen) atoms. The van der Waals surface area contributed by atoms with E-state index in [1.165, 1.54) is 0 Å². The van der Waals surface area contributed by atoms with Crippen LogP contribution in [0, 0.1) is 0 Å². The molecular formula is C23H23O3. The molecule has 1 unspecified atom stereocenters. The minimum absolute atomic E-state index is 0.207. The fourth-order valence-corrected chi connectivity index (χ4v) is 3.17. The Balaban J connectivity index is 2.18. The van der Waals surface area contributed by atoms with Crippen molar-refractivity contribution in [2.24, 2.45) is 0 Å². The lowest BCUT2D eigenvalue weighted by Crippen LogP contribution is -2.36. The number of hydrogen-bond donors (Lipinski definition) is 0. The molecule has 133 valence electrons. The normalized spacial score (nSPS) is 12.7. The Morgan fingerprint density at radius 2 is 1.12 bits per heavy atom. The zero-order chi connectivity index (χ0) is 18.2. The van der Waals surface area contributed by atoms with Crippen LogP contribution in [0.3, 0.4) is 0 Å². The summed E-state index contributed by atoms with van der Waals surface area (Å²) in [5.74, 6) is 0. The molecule has 1 radical (unpaired) electrons. The molecule has 0 aliphatic rings. The molecule has 0 spiro atoms. The van der Waals surface area contributed by atoms with Gasteiger partial charge in [0.1, 0.15) is 18.3 Å². The van der Waals surface area contributed by atoms with E-state index in [9.17, 15) is 5.11 Å². The largest absolute Gasteiger partial charge is 0.377 e. The fourth-order valence-electron chi connectivity index (χ4n) is 3.17. The lowest BCUT2D eigenvalue weighted by molar-refractivity contribution is -0.0761. The minimum Gasteiger partial charge on any atom is -0.377 e. The lowest BCUT2D eigenvalue weighted by Gasteiger charge is -2.36. The quantitative estimate of drug-likeness (QED) is 0.565. The van der Waals surface area contributed by atoms with Crippen molar-refractivity contribution in [1.82, 2.24) is 0 Å². The van der Waals surface area contributed by atoms with Gasteiger partial charge < -0.3 is 9.47 Å². The Bertz CT molecular complexity index is 672. The smallest absolute Gasteiger partial charge is 0.143 e. The van der Waals surface area contributed by atoms with Gasteiger partial charge in [-0.15, -0.1) is 0 Å². The Kier molecular flexibility index (Phi) is 6.18. The van der Waals surface area contributed by atoms with Gasteiger partial charge >= 0.3 is 0 Å². The van der Waals surface area contributed by atoms with Gasteiger partial charge in [0.15, 0.2) is 0 Å². The van der Waals surface area contributed by atoms with Crippen molar-refractivity contribution in [1.29, 1.82) is 0 Å². The zero-order valence-electron chi connectivity index (χ0n) is 14.9. The molecule has 0 heterocycles. The Hall–Kier alpha value is -2.46. The van der Waals surface area contributed by atoms with Gasteiger partial charge in [0.25, 0.3) is 0 Å². The van der Waals surface area contributed by atoms with E-state index in [1.807, 2.05) is 54.6 Å². The Labute approximate surface area is 154 Å². The van der Waals surface area contributed by atoms with Crippen molar-refractivity contribution in [3.63, 3.8) is 0 Å². The molecule has 0 fully saturated rings. The summed E-state index contributed by atoms with van der Waals surface area (Å²) >= 11 is 0. The lowest BCUT2D eigenvalue weighted by atomic mass is 9.80. The summed E-state index contributed by atoms with van der Waals surface area (Å²) in [7, 11) is 1.54. The van der Waals surface area contributed by atoms with E-state index in [2.05, 4.69) is 36.4 Å². The zero-order valence-corrected chi connectivity index (χ0v) is 14.9. The van der Waals surface area contributed by atoms with E-state index in [-0.39, 0.29) is 13.2 Å². The maximum Gasteiger partial charge on any atom is 0.143 e. The van der Waals surface area contributed by atoms with Gasteiger partial charge in [0, 0.05) is 7.11 Å². The molecule has 0 aromatic heterocycles. The van der Waals surface area contributed by atoms with Crippen LogP contribution >= 0.6 is 0 Å². The van der Waals surface area contributed by atoms with Crippen molar-refractivity contribution >= 4 is 0 Å². The summed E-state index contributed by atoms with van der Waals surface area (Å²) in [6.45, 7) is -0.135. The number of methoxy groups -OCH3 is 1. The first kappa shape index (κ1) is 18.3. The van der Waals surface area contributed by atoms with E-state index >= 15 is 0 Å². The number of ether oxygens (including phenoxy) is 2. The third kappa shape index (κ3) is 3.70. The second kappa shape index (κ2) is 8.77. The van der Waals surface area contributed by atoms with Gasteiger partial charge in [-0.25, -0.2) is 5.11 Å². The van der Waals surface area contributed by atoms with E-state index in [1.54, 1.807) is 7.11 Å². The van der Waals surface area contributed by atoms with Gasteiger partial charge in [-0.3, -0.25) is 0 Å². The van der Waals surface area contributed by atoms with Gasteiger partial charge in [-0.1, -0.05) is 91.0 Å². The average Bonchev–Trinajstić information content (AvgIpc) is 2.74. The van der Waals surface area contributed by atoms with Crippen LogP contribution in [-0.2, 0) is 20.2 Å². The summed E-state index contributed by atoms with van der Waals surface area (Å²) < 4.78 is 11.8. The third-order valence-corrected chi connectivity index (χ3v) is 4.55. The molecule has 3 nitrogen and oxygen atoms in total. The first-order valence-corrected chi connectivity index (χ1v) is 8.72. The first-order valence-electron chi connectivity index (χ1n) is 8.72. The topological polar surface area (TPSA) is 38.4 Å². The van der Waals surface area contributed by atoms with Crippen LogP contribution in [0.2, 0.25) is 0 Å².